The summed E-state index contributed by atoms with van der Waals surface area (Å²) in [5, 5.41) is 2.94. The lowest BCUT2D eigenvalue weighted by Gasteiger charge is -2.31. The number of ether oxygens (including phenoxy) is 1. The largest absolute Gasteiger partial charge is 0.466 e. The van der Waals surface area contributed by atoms with E-state index in [-0.39, 0.29) is 17.9 Å². The fourth-order valence-electron chi connectivity index (χ4n) is 2.56. The van der Waals surface area contributed by atoms with E-state index >= 15 is 0 Å². The van der Waals surface area contributed by atoms with Gasteiger partial charge in [0.15, 0.2) is 0 Å². The Hall–Kier alpha value is -1.69. The van der Waals surface area contributed by atoms with Crippen LogP contribution in [-0.4, -0.2) is 42.9 Å². The summed E-state index contributed by atoms with van der Waals surface area (Å²) >= 11 is 1.59. The molecule has 120 valence electrons. The Kier molecular flexibility index (Phi) is 6.12. The van der Waals surface area contributed by atoms with Gasteiger partial charge in [0.25, 0.3) is 0 Å². The molecule has 6 heteroatoms. The summed E-state index contributed by atoms with van der Waals surface area (Å²) in [7, 11) is 0. The van der Waals surface area contributed by atoms with Crippen LogP contribution in [0.15, 0.2) is 29.2 Å². The Balaban J connectivity index is 1.98. The van der Waals surface area contributed by atoms with Crippen LogP contribution in [0.4, 0.5) is 10.5 Å². The highest BCUT2D eigenvalue weighted by molar-refractivity contribution is 7.98. The van der Waals surface area contributed by atoms with E-state index in [1.165, 1.54) is 0 Å². The van der Waals surface area contributed by atoms with Crippen LogP contribution in [0.3, 0.4) is 0 Å². The van der Waals surface area contributed by atoms with Crippen molar-refractivity contribution in [2.24, 2.45) is 5.92 Å². The zero-order valence-electron chi connectivity index (χ0n) is 13.0. The van der Waals surface area contributed by atoms with Gasteiger partial charge in [0.1, 0.15) is 0 Å². The van der Waals surface area contributed by atoms with Crippen molar-refractivity contribution in [2.45, 2.75) is 24.7 Å². The van der Waals surface area contributed by atoms with E-state index in [9.17, 15) is 9.59 Å². The number of nitrogens with one attached hydrogen (secondary N) is 1. The maximum absolute atomic E-state index is 12.4. The van der Waals surface area contributed by atoms with E-state index in [0.717, 1.165) is 23.4 Å². The molecule has 2 amide bonds. The summed E-state index contributed by atoms with van der Waals surface area (Å²) in [6.07, 6.45) is 3.58. The summed E-state index contributed by atoms with van der Waals surface area (Å²) in [6, 6.07) is 7.54. The Morgan fingerprint density at radius 1 is 1.41 bits per heavy atom. The van der Waals surface area contributed by atoms with Crippen LogP contribution in [0.25, 0.3) is 0 Å². The molecule has 0 aliphatic carbocycles. The Bertz CT molecular complexity index is 536. The number of anilines is 1. The number of thioether (sulfide) groups is 1. The molecule has 1 N–H and O–H groups in total. The number of esters is 1. The summed E-state index contributed by atoms with van der Waals surface area (Å²) < 4.78 is 5.06. The molecule has 22 heavy (non-hydrogen) atoms. The van der Waals surface area contributed by atoms with Crippen molar-refractivity contribution in [2.75, 3.05) is 31.3 Å². The first-order valence-electron chi connectivity index (χ1n) is 7.51. The molecule has 1 aromatic rings. The van der Waals surface area contributed by atoms with Gasteiger partial charge >= 0.3 is 12.0 Å². The first-order valence-corrected chi connectivity index (χ1v) is 8.73. The van der Waals surface area contributed by atoms with Crippen LogP contribution in [0, 0.1) is 5.92 Å². The predicted octanol–water partition coefficient (Wildman–Crippen LogP) is 3.22. The average molecular weight is 322 g/mol. The fraction of sp³-hybridized carbons (Fsp3) is 0.500. The molecule has 1 aromatic carbocycles. The molecule has 2 rings (SSSR count). The Labute approximate surface area is 135 Å². The molecule has 0 aromatic heterocycles. The highest BCUT2D eigenvalue weighted by atomic mass is 32.2. The molecule has 0 saturated carbocycles. The quantitative estimate of drug-likeness (QED) is 0.683. The number of carbonyl (C=O) groups is 2. The second-order valence-corrected chi connectivity index (χ2v) is 6.02. The van der Waals surface area contributed by atoms with Gasteiger partial charge in [-0.1, -0.05) is 12.1 Å². The summed E-state index contributed by atoms with van der Waals surface area (Å²) in [5.41, 5.74) is 0.804. The van der Waals surface area contributed by atoms with Gasteiger partial charge in [-0.2, -0.15) is 0 Å². The van der Waals surface area contributed by atoms with Crippen LogP contribution in [0.5, 0.6) is 0 Å². The standard InChI is InChI=1S/C16H22N2O3S/c1-3-21-15(19)12-7-6-10-18(11-12)16(20)17-13-8-4-5-9-14(13)22-2/h4-5,8-9,12H,3,6-7,10-11H2,1-2H3,(H,17,20)/t12-/m0/s1. The maximum atomic E-state index is 12.4. The number of carbonyl (C=O) groups excluding carboxylic acids is 2. The number of amides is 2. The molecular formula is C16H22N2O3S. The summed E-state index contributed by atoms with van der Waals surface area (Å²) in [4.78, 5) is 27.0. The molecule has 1 atom stereocenters. The van der Waals surface area contributed by atoms with Crippen molar-refractivity contribution in [3.8, 4) is 0 Å². The second kappa shape index (κ2) is 8.08. The molecule has 1 saturated heterocycles. The second-order valence-electron chi connectivity index (χ2n) is 5.17. The smallest absolute Gasteiger partial charge is 0.321 e. The van der Waals surface area contributed by atoms with Crippen molar-refractivity contribution < 1.29 is 14.3 Å². The zero-order valence-corrected chi connectivity index (χ0v) is 13.8. The SMILES string of the molecule is CCOC(=O)[C@H]1CCCN(C(=O)Nc2ccccc2SC)C1. The number of likely N-dealkylation sites (tertiary alicyclic amines) is 1. The minimum Gasteiger partial charge on any atom is -0.466 e. The van der Waals surface area contributed by atoms with Crippen LogP contribution in [-0.2, 0) is 9.53 Å². The third kappa shape index (κ3) is 4.16. The highest BCUT2D eigenvalue weighted by Crippen LogP contribution is 2.25. The number of piperidine rings is 1. The molecule has 0 radical (unpaired) electrons. The lowest BCUT2D eigenvalue weighted by molar-refractivity contribution is -0.149. The first-order chi connectivity index (χ1) is 10.7. The van der Waals surface area contributed by atoms with E-state index in [2.05, 4.69) is 5.32 Å². The maximum Gasteiger partial charge on any atom is 0.321 e. The Morgan fingerprint density at radius 2 is 2.18 bits per heavy atom. The van der Waals surface area contributed by atoms with Gasteiger partial charge in [-0.15, -0.1) is 11.8 Å². The lowest BCUT2D eigenvalue weighted by Crippen LogP contribution is -2.44. The van der Waals surface area contributed by atoms with E-state index in [4.69, 9.17) is 4.74 Å². The number of hydrogen-bond donors (Lipinski definition) is 1. The lowest BCUT2D eigenvalue weighted by atomic mass is 9.98. The van der Waals surface area contributed by atoms with Gasteiger partial charge in [0.05, 0.1) is 18.2 Å². The molecule has 1 aliphatic rings. The fourth-order valence-corrected chi connectivity index (χ4v) is 3.11. The highest BCUT2D eigenvalue weighted by Gasteiger charge is 2.29. The third-order valence-electron chi connectivity index (χ3n) is 3.68. The van der Waals surface area contributed by atoms with Crippen LogP contribution < -0.4 is 5.32 Å². The molecule has 0 unspecified atom stereocenters. The van der Waals surface area contributed by atoms with Gasteiger partial charge < -0.3 is 15.0 Å². The zero-order chi connectivity index (χ0) is 15.9. The van der Waals surface area contributed by atoms with Gasteiger partial charge in [0, 0.05) is 18.0 Å². The van der Waals surface area contributed by atoms with Crippen LogP contribution in [0.1, 0.15) is 19.8 Å². The van der Waals surface area contributed by atoms with Gasteiger partial charge in [0.2, 0.25) is 0 Å². The van der Waals surface area contributed by atoms with Crippen molar-refractivity contribution >= 4 is 29.4 Å². The van der Waals surface area contributed by atoms with Crippen molar-refractivity contribution in [1.82, 2.24) is 4.90 Å². The average Bonchev–Trinajstić information content (AvgIpc) is 2.55. The molecule has 0 spiro atoms. The number of hydrogen-bond acceptors (Lipinski definition) is 4. The first kappa shape index (κ1) is 16.7. The van der Waals surface area contributed by atoms with Gasteiger partial charge in [-0.05, 0) is 38.2 Å². The molecule has 1 heterocycles. The van der Waals surface area contributed by atoms with E-state index < -0.39 is 0 Å². The Morgan fingerprint density at radius 3 is 2.91 bits per heavy atom. The summed E-state index contributed by atoms with van der Waals surface area (Å²) in [6.45, 7) is 3.27. The van der Waals surface area contributed by atoms with E-state index in [1.807, 2.05) is 30.5 Å². The number of benzene rings is 1. The van der Waals surface area contributed by atoms with Crippen molar-refractivity contribution in [3.05, 3.63) is 24.3 Å². The number of urea groups is 1. The third-order valence-corrected chi connectivity index (χ3v) is 4.47. The molecular weight excluding hydrogens is 300 g/mol. The molecule has 5 nitrogen and oxygen atoms in total. The number of nitrogens with zero attached hydrogens (tertiary/aromatic N) is 1. The molecule has 1 fully saturated rings. The summed E-state index contributed by atoms with van der Waals surface area (Å²) in [5.74, 6) is -0.417. The minimum atomic E-state index is -0.213. The van der Waals surface area contributed by atoms with Crippen molar-refractivity contribution in [3.63, 3.8) is 0 Å². The van der Waals surface area contributed by atoms with E-state index in [1.54, 1.807) is 23.6 Å². The van der Waals surface area contributed by atoms with Gasteiger partial charge in [-0.3, -0.25) is 4.79 Å². The topological polar surface area (TPSA) is 58.6 Å². The minimum absolute atomic E-state index is 0.157. The monoisotopic (exact) mass is 322 g/mol. The van der Waals surface area contributed by atoms with Crippen LogP contribution >= 0.6 is 11.8 Å². The number of para-hydroxylation sites is 1. The van der Waals surface area contributed by atoms with Crippen molar-refractivity contribution in [1.29, 1.82) is 0 Å². The number of rotatable bonds is 4. The normalized spacial score (nSPS) is 17.9. The van der Waals surface area contributed by atoms with E-state index in [0.29, 0.717) is 19.7 Å². The molecule has 0 bridgehead atoms. The molecule has 1 aliphatic heterocycles. The van der Waals surface area contributed by atoms with Gasteiger partial charge in [-0.25, -0.2) is 4.79 Å². The predicted molar refractivity (Wildman–Crippen MR) is 88.2 cm³/mol. The van der Waals surface area contributed by atoms with Crippen LogP contribution in [0.2, 0.25) is 0 Å².